The van der Waals surface area contributed by atoms with E-state index in [-0.39, 0.29) is 22.7 Å². The summed E-state index contributed by atoms with van der Waals surface area (Å²) < 4.78 is 11.8. The van der Waals surface area contributed by atoms with Crippen LogP contribution in [0.5, 0.6) is 5.75 Å². The van der Waals surface area contributed by atoms with E-state index in [2.05, 4.69) is 15.4 Å². The third-order valence-electron chi connectivity index (χ3n) is 5.27. The highest BCUT2D eigenvalue weighted by Crippen LogP contribution is 2.29. The first-order valence-corrected chi connectivity index (χ1v) is 10.5. The van der Waals surface area contributed by atoms with Crippen molar-refractivity contribution in [3.8, 4) is 17.0 Å². The number of carbonyl (C=O) groups is 2. The fourth-order valence-electron chi connectivity index (χ4n) is 3.65. The van der Waals surface area contributed by atoms with Crippen LogP contribution >= 0.6 is 0 Å². The van der Waals surface area contributed by atoms with Gasteiger partial charge in [0.1, 0.15) is 11.4 Å². The van der Waals surface area contributed by atoms with Crippen LogP contribution in [0.3, 0.4) is 0 Å². The number of anilines is 1. The number of ether oxygens (including phenoxy) is 2. The third-order valence-corrected chi connectivity index (χ3v) is 5.27. The monoisotopic (exact) mass is 475 g/mol. The molecule has 4 aromatic rings. The number of aromatic nitrogens is 3. The minimum atomic E-state index is -0.745. The van der Waals surface area contributed by atoms with E-state index in [4.69, 9.17) is 9.47 Å². The highest BCUT2D eigenvalue weighted by Gasteiger charge is 2.22. The van der Waals surface area contributed by atoms with Crippen molar-refractivity contribution in [2.45, 2.75) is 6.92 Å². The van der Waals surface area contributed by atoms with Crippen LogP contribution in [0.2, 0.25) is 0 Å². The van der Waals surface area contributed by atoms with Crippen molar-refractivity contribution in [1.82, 2.24) is 14.8 Å². The number of nitrogens with one attached hydrogen (secondary N) is 1. The van der Waals surface area contributed by atoms with Crippen molar-refractivity contribution in [1.29, 1.82) is 0 Å². The van der Waals surface area contributed by atoms with Gasteiger partial charge < -0.3 is 14.8 Å². The highest BCUT2D eigenvalue weighted by molar-refractivity contribution is 6.06. The zero-order valence-corrected chi connectivity index (χ0v) is 19.1. The summed E-state index contributed by atoms with van der Waals surface area (Å²) >= 11 is 0. The summed E-state index contributed by atoms with van der Waals surface area (Å²) in [6.07, 6.45) is 0. The molecule has 35 heavy (non-hydrogen) atoms. The molecule has 0 bridgehead atoms. The summed E-state index contributed by atoms with van der Waals surface area (Å²) in [6, 6.07) is 14.9. The molecule has 1 N–H and O–H groups in total. The Morgan fingerprint density at radius 3 is 2.57 bits per heavy atom. The van der Waals surface area contributed by atoms with Gasteiger partial charge in [0.25, 0.3) is 11.6 Å². The number of amides is 1. The summed E-state index contributed by atoms with van der Waals surface area (Å²) in [6.45, 7) is 1.10. The van der Waals surface area contributed by atoms with Gasteiger partial charge in [-0.05, 0) is 25.1 Å². The van der Waals surface area contributed by atoms with Crippen LogP contribution in [0.4, 0.5) is 11.4 Å². The number of rotatable bonds is 7. The summed E-state index contributed by atoms with van der Waals surface area (Å²) in [5, 5.41) is 18.6. The van der Waals surface area contributed by atoms with Crippen molar-refractivity contribution in [2.75, 3.05) is 19.0 Å². The second kappa shape index (κ2) is 9.59. The van der Waals surface area contributed by atoms with Gasteiger partial charge in [-0.1, -0.05) is 30.3 Å². The summed E-state index contributed by atoms with van der Waals surface area (Å²) in [7, 11) is 3.10. The third kappa shape index (κ3) is 4.78. The molecule has 0 fully saturated rings. The van der Waals surface area contributed by atoms with Crippen LogP contribution in [0.1, 0.15) is 16.1 Å². The lowest BCUT2D eigenvalue weighted by Crippen LogP contribution is -2.21. The number of esters is 1. The molecular weight excluding hydrogens is 454 g/mol. The molecule has 0 spiro atoms. The molecule has 2 heterocycles. The van der Waals surface area contributed by atoms with Crippen molar-refractivity contribution < 1.29 is 24.0 Å². The molecule has 4 rings (SSSR count). The summed E-state index contributed by atoms with van der Waals surface area (Å²) in [4.78, 5) is 40.8. The second-order valence-corrected chi connectivity index (χ2v) is 7.59. The fraction of sp³-hybridized carbons (Fsp3) is 0.167. The molecule has 0 aliphatic rings. The second-order valence-electron chi connectivity index (χ2n) is 7.59. The van der Waals surface area contributed by atoms with Gasteiger partial charge in [-0.3, -0.25) is 19.6 Å². The van der Waals surface area contributed by atoms with E-state index < -0.39 is 23.4 Å². The molecule has 2 aromatic carbocycles. The molecule has 0 saturated carbocycles. The molecule has 178 valence electrons. The van der Waals surface area contributed by atoms with Crippen molar-refractivity contribution in [3.05, 3.63) is 76.0 Å². The quantitative estimate of drug-likeness (QED) is 0.243. The van der Waals surface area contributed by atoms with Gasteiger partial charge in [-0.2, -0.15) is 5.10 Å². The lowest BCUT2D eigenvalue weighted by molar-refractivity contribution is -0.384. The van der Waals surface area contributed by atoms with E-state index in [0.29, 0.717) is 22.4 Å². The van der Waals surface area contributed by atoms with Crippen LogP contribution < -0.4 is 10.1 Å². The van der Waals surface area contributed by atoms with Crippen molar-refractivity contribution >= 4 is 34.3 Å². The van der Waals surface area contributed by atoms with Gasteiger partial charge >= 0.3 is 5.97 Å². The highest BCUT2D eigenvalue weighted by atomic mass is 16.6. The first-order chi connectivity index (χ1) is 16.8. The molecule has 0 atom stereocenters. The van der Waals surface area contributed by atoms with Gasteiger partial charge in [0, 0.05) is 12.6 Å². The maximum absolute atomic E-state index is 13.0. The first-order valence-electron chi connectivity index (χ1n) is 10.5. The zero-order chi connectivity index (χ0) is 25.1. The summed E-state index contributed by atoms with van der Waals surface area (Å²) in [5.41, 5.74) is 2.24. The van der Waals surface area contributed by atoms with Gasteiger partial charge in [-0.15, -0.1) is 0 Å². The standard InChI is InChI=1S/C24H21N5O6/c1-14-22-17(12-19(15-7-5-4-6-8-15)26-23(22)28(2)27-14)24(31)35-13-21(30)25-18-10-9-16(34-3)11-20(18)29(32)33/h4-12H,13H2,1-3H3,(H,25,30). The Balaban J connectivity index is 1.58. The minimum absolute atomic E-state index is 0.0439. The number of fused-ring (bicyclic) bond motifs is 1. The van der Waals surface area contributed by atoms with E-state index in [0.717, 1.165) is 5.56 Å². The zero-order valence-electron chi connectivity index (χ0n) is 19.1. The Kier molecular flexibility index (Phi) is 6.40. The first kappa shape index (κ1) is 23.4. The Hall–Kier alpha value is -4.80. The predicted octanol–water partition coefficient (Wildman–Crippen LogP) is 3.66. The van der Waals surface area contributed by atoms with Crippen LogP contribution in [0, 0.1) is 17.0 Å². The van der Waals surface area contributed by atoms with E-state index >= 15 is 0 Å². The molecule has 1 amide bonds. The van der Waals surface area contributed by atoms with Crippen molar-refractivity contribution in [3.63, 3.8) is 0 Å². The fourth-order valence-corrected chi connectivity index (χ4v) is 3.65. The number of nitro groups is 1. The average Bonchev–Trinajstić information content (AvgIpc) is 3.15. The number of pyridine rings is 1. The largest absolute Gasteiger partial charge is 0.496 e. The number of hydrogen-bond acceptors (Lipinski definition) is 8. The van der Waals surface area contributed by atoms with E-state index in [1.165, 1.54) is 25.3 Å². The number of nitro benzene ring substituents is 1. The Bertz CT molecular complexity index is 1450. The average molecular weight is 475 g/mol. The van der Waals surface area contributed by atoms with Crippen molar-refractivity contribution in [2.24, 2.45) is 7.05 Å². The number of hydrogen-bond donors (Lipinski definition) is 1. The summed E-state index contributed by atoms with van der Waals surface area (Å²) in [5.74, 6) is -1.21. The van der Waals surface area contributed by atoms with Gasteiger partial charge in [-0.25, -0.2) is 9.78 Å². The smallest absolute Gasteiger partial charge is 0.339 e. The van der Waals surface area contributed by atoms with Crippen LogP contribution in [-0.4, -0.2) is 45.3 Å². The Labute approximate surface area is 199 Å². The van der Waals surface area contributed by atoms with Gasteiger partial charge in [0.2, 0.25) is 0 Å². The van der Waals surface area contributed by atoms with E-state index in [1.807, 2.05) is 30.3 Å². The SMILES string of the molecule is COc1ccc(NC(=O)COC(=O)c2cc(-c3ccccc3)nc3c2c(C)nn3C)c([N+](=O)[O-])c1. The maximum Gasteiger partial charge on any atom is 0.339 e. The Morgan fingerprint density at radius 1 is 1.14 bits per heavy atom. The lowest BCUT2D eigenvalue weighted by Gasteiger charge is -2.10. The minimum Gasteiger partial charge on any atom is -0.496 e. The number of aryl methyl sites for hydroxylation is 2. The molecule has 2 aromatic heterocycles. The van der Waals surface area contributed by atoms with E-state index in [1.54, 1.807) is 24.7 Å². The topological polar surface area (TPSA) is 138 Å². The Morgan fingerprint density at radius 2 is 1.89 bits per heavy atom. The molecule has 0 unspecified atom stereocenters. The molecule has 0 aliphatic carbocycles. The van der Waals surface area contributed by atoms with Gasteiger partial charge in [0.15, 0.2) is 12.3 Å². The molecule has 11 nitrogen and oxygen atoms in total. The number of nitrogens with zero attached hydrogens (tertiary/aromatic N) is 4. The normalized spacial score (nSPS) is 10.7. The van der Waals surface area contributed by atoms with E-state index in [9.17, 15) is 19.7 Å². The van der Waals surface area contributed by atoms with Crippen LogP contribution in [0.15, 0.2) is 54.6 Å². The molecule has 11 heteroatoms. The molecule has 0 saturated heterocycles. The van der Waals surface area contributed by atoms with Gasteiger partial charge in [0.05, 0.1) is 40.4 Å². The number of methoxy groups -OCH3 is 1. The molecule has 0 radical (unpaired) electrons. The maximum atomic E-state index is 13.0. The van der Waals surface area contributed by atoms with Crippen LogP contribution in [-0.2, 0) is 16.6 Å². The molecular formula is C24H21N5O6. The predicted molar refractivity (Wildman–Crippen MR) is 127 cm³/mol. The van der Waals surface area contributed by atoms with Crippen LogP contribution in [0.25, 0.3) is 22.3 Å². The lowest BCUT2D eigenvalue weighted by atomic mass is 10.1. The number of carbonyl (C=O) groups excluding carboxylic acids is 2. The number of benzene rings is 2. The molecule has 0 aliphatic heterocycles.